The van der Waals surface area contributed by atoms with Crippen LogP contribution >= 0.6 is 0 Å². The van der Waals surface area contributed by atoms with Gasteiger partial charge in [-0.25, -0.2) is 4.39 Å². The summed E-state index contributed by atoms with van der Waals surface area (Å²) >= 11 is 0. The fraction of sp³-hybridized carbons (Fsp3) is 0.667. The first-order valence-electron chi connectivity index (χ1n) is 8.18. The Hall–Kier alpha value is -1.09. The van der Waals surface area contributed by atoms with Crippen molar-refractivity contribution < 1.29 is 4.39 Å². The van der Waals surface area contributed by atoms with Gasteiger partial charge in [0.15, 0.2) is 0 Å². The molecule has 0 atom stereocenters. The van der Waals surface area contributed by atoms with Crippen LogP contribution < -0.4 is 10.2 Å². The third-order valence-electron chi connectivity index (χ3n) is 4.42. The average molecular weight is 292 g/mol. The molecule has 1 aliphatic rings. The summed E-state index contributed by atoms with van der Waals surface area (Å²) in [7, 11) is 0. The highest BCUT2D eigenvalue weighted by Gasteiger charge is 2.22. The number of piperidine rings is 1. The van der Waals surface area contributed by atoms with Crippen molar-refractivity contribution in [2.45, 2.75) is 59.0 Å². The predicted molar refractivity (Wildman–Crippen MR) is 88.2 cm³/mol. The van der Waals surface area contributed by atoms with Crippen molar-refractivity contribution in [2.24, 2.45) is 5.92 Å². The number of halogens is 1. The van der Waals surface area contributed by atoms with Crippen LogP contribution in [0.2, 0.25) is 0 Å². The number of benzene rings is 1. The summed E-state index contributed by atoms with van der Waals surface area (Å²) in [6, 6.07) is 5.47. The Balaban J connectivity index is 2.14. The molecule has 1 aromatic rings. The Labute approximate surface area is 128 Å². The van der Waals surface area contributed by atoms with Gasteiger partial charge in [0, 0.05) is 36.4 Å². The minimum absolute atomic E-state index is 0.00520. The highest BCUT2D eigenvalue weighted by atomic mass is 19.1. The van der Waals surface area contributed by atoms with E-state index in [-0.39, 0.29) is 11.4 Å². The monoisotopic (exact) mass is 292 g/mol. The molecule has 1 aromatic carbocycles. The van der Waals surface area contributed by atoms with Crippen LogP contribution in [0.25, 0.3) is 0 Å². The Morgan fingerprint density at radius 3 is 2.48 bits per heavy atom. The Morgan fingerprint density at radius 2 is 1.90 bits per heavy atom. The largest absolute Gasteiger partial charge is 0.371 e. The first-order chi connectivity index (χ1) is 9.90. The van der Waals surface area contributed by atoms with Gasteiger partial charge in [-0.05, 0) is 51.7 Å². The van der Waals surface area contributed by atoms with Gasteiger partial charge >= 0.3 is 0 Å². The molecule has 0 aliphatic carbocycles. The molecule has 1 heterocycles. The second-order valence-electron chi connectivity index (χ2n) is 7.18. The molecule has 0 aromatic heterocycles. The normalized spacial score (nSPS) is 17.3. The zero-order valence-electron chi connectivity index (χ0n) is 13.9. The van der Waals surface area contributed by atoms with Gasteiger partial charge in [-0.3, -0.25) is 0 Å². The van der Waals surface area contributed by atoms with Gasteiger partial charge in [-0.1, -0.05) is 19.4 Å². The minimum Gasteiger partial charge on any atom is -0.371 e. The van der Waals surface area contributed by atoms with Crippen molar-refractivity contribution >= 4 is 5.69 Å². The van der Waals surface area contributed by atoms with E-state index in [1.54, 1.807) is 6.07 Å². The molecule has 3 heteroatoms. The molecule has 118 valence electrons. The van der Waals surface area contributed by atoms with Crippen molar-refractivity contribution in [1.29, 1.82) is 0 Å². The van der Waals surface area contributed by atoms with Crippen molar-refractivity contribution in [3.05, 3.63) is 29.6 Å². The lowest BCUT2D eigenvalue weighted by molar-refractivity contribution is 0.392. The van der Waals surface area contributed by atoms with Gasteiger partial charge < -0.3 is 10.2 Å². The summed E-state index contributed by atoms with van der Waals surface area (Å²) in [5.74, 6) is 0.743. The summed E-state index contributed by atoms with van der Waals surface area (Å²) in [5.41, 5.74) is 1.87. The Kier molecular flexibility index (Phi) is 5.26. The van der Waals surface area contributed by atoms with E-state index in [2.05, 4.69) is 44.0 Å². The zero-order chi connectivity index (χ0) is 15.5. The summed E-state index contributed by atoms with van der Waals surface area (Å²) in [5, 5.41) is 3.41. The molecular weight excluding hydrogens is 263 g/mol. The molecule has 0 amide bonds. The first-order valence-corrected chi connectivity index (χ1v) is 8.18. The lowest BCUT2D eigenvalue weighted by Gasteiger charge is -2.35. The predicted octanol–water partition coefficient (Wildman–Crippen LogP) is 4.34. The van der Waals surface area contributed by atoms with E-state index in [0.717, 1.165) is 30.3 Å². The van der Waals surface area contributed by atoms with Crippen LogP contribution in [-0.4, -0.2) is 18.6 Å². The number of hydrogen-bond acceptors (Lipinski definition) is 2. The van der Waals surface area contributed by atoms with Gasteiger partial charge in [0.2, 0.25) is 0 Å². The third-order valence-corrected chi connectivity index (χ3v) is 4.42. The fourth-order valence-corrected chi connectivity index (χ4v) is 2.95. The first kappa shape index (κ1) is 16.3. The number of hydrogen-bond donors (Lipinski definition) is 1. The summed E-state index contributed by atoms with van der Waals surface area (Å²) < 4.78 is 14.3. The molecule has 2 rings (SSSR count). The quantitative estimate of drug-likeness (QED) is 0.888. The smallest absolute Gasteiger partial charge is 0.129 e. The molecule has 2 nitrogen and oxygen atoms in total. The maximum absolute atomic E-state index is 14.3. The van der Waals surface area contributed by atoms with Crippen LogP contribution in [-0.2, 0) is 6.54 Å². The topological polar surface area (TPSA) is 15.3 Å². The minimum atomic E-state index is -0.0955. The molecule has 1 N–H and O–H groups in total. The van der Waals surface area contributed by atoms with Crippen LogP contribution in [0.15, 0.2) is 18.2 Å². The van der Waals surface area contributed by atoms with Gasteiger partial charge in [-0.2, -0.15) is 0 Å². The van der Waals surface area contributed by atoms with E-state index in [1.165, 1.54) is 19.3 Å². The molecule has 1 fully saturated rings. The summed E-state index contributed by atoms with van der Waals surface area (Å²) in [4.78, 5) is 2.36. The van der Waals surface area contributed by atoms with Crippen molar-refractivity contribution in [3.8, 4) is 0 Å². The molecule has 0 saturated carbocycles. The number of nitrogens with one attached hydrogen (secondary N) is 1. The highest BCUT2D eigenvalue weighted by Crippen LogP contribution is 2.29. The van der Waals surface area contributed by atoms with Crippen molar-refractivity contribution in [1.82, 2.24) is 5.32 Å². The van der Waals surface area contributed by atoms with Crippen LogP contribution in [0.3, 0.4) is 0 Å². The van der Waals surface area contributed by atoms with Gasteiger partial charge in [0.05, 0.1) is 0 Å². The maximum atomic E-state index is 14.3. The third kappa shape index (κ3) is 4.44. The maximum Gasteiger partial charge on any atom is 0.129 e. The zero-order valence-corrected chi connectivity index (χ0v) is 13.9. The van der Waals surface area contributed by atoms with E-state index in [4.69, 9.17) is 0 Å². The van der Waals surface area contributed by atoms with Gasteiger partial charge in [0.1, 0.15) is 5.82 Å². The number of rotatable bonds is 4. The van der Waals surface area contributed by atoms with Crippen LogP contribution in [0, 0.1) is 11.7 Å². The lowest BCUT2D eigenvalue weighted by Crippen LogP contribution is -2.37. The second-order valence-corrected chi connectivity index (χ2v) is 7.18. The van der Waals surface area contributed by atoms with E-state index < -0.39 is 0 Å². The SMILES string of the molecule is CCC1CCN(c2cccc(F)c2CNC(C)(C)C)CC1. The lowest BCUT2D eigenvalue weighted by atomic mass is 9.93. The molecule has 0 bridgehead atoms. The summed E-state index contributed by atoms with van der Waals surface area (Å²) in [6.45, 7) is 11.3. The van der Waals surface area contributed by atoms with Crippen LogP contribution in [0.5, 0.6) is 0 Å². The van der Waals surface area contributed by atoms with Crippen molar-refractivity contribution in [3.63, 3.8) is 0 Å². The van der Waals surface area contributed by atoms with E-state index in [1.807, 2.05) is 6.07 Å². The average Bonchev–Trinajstić information content (AvgIpc) is 2.45. The Morgan fingerprint density at radius 1 is 1.24 bits per heavy atom. The van der Waals surface area contributed by atoms with E-state index >= 15 is 0 Å². The van der Waals surface area contributed by atoms with Crippen molar-refractivity contribution in [2.75, 3.05) is 18.0 Å². The molecule has 0 unspecified atom stereocenters. The fourth-order valence-electron chi connectivity index (χ4n) is 2.95. The summed E-state index contributed by atoms with van der Waals surface area (Å²) in [6.07, 6.45) is 3.70. The van der Waals surface area contributed by atoms with E-state index in [9.17, 15) is 4.39 Å². The van der Waals surface area contributed by atoms with Gasteiger partial charge in [0.25, 0.3) is 0 Å². The highest BCUT2D eigenvalue weighted by molar-refractivity contribution is 5.54. The van der Waals surface area contributed by atoms with Gasteiger partial charge in [-0.15, -0.1) is 0 Å². The van der Waals surface area contributed by atoms with E-state index in [0.29, 0.717) is 6.54 Å². The molecule has 0 spiro atoms. The second kappa shape index (κ2) is 6.78. The number of nitrogens with zero attached hydrogens (tertiary/aromatic N) is 1. The molecule has 1 saturated heterocycles. The molecular formula is C18H29FN2. The number of anilines is 1. The van der Waals surface area contributed by atoms with Crippen LogP contribution in [0.1, 0.15) is 52.5 Å². The molecule has 0 radical (unpaired) electrons. The van der Waals surface area contributed by atoms with Crippen LogP contribution in [0.4, 0.5) is 10.1 Å². The molecule has 1 aliphatic heterocycles. The molecule has 21 heavy (non-hydrogen) atoms. The Bertz CT molecular complexity index is 457. The standard InChI is InChI=1S/C18H29FN2/c1-5-14-9-11-21(12-10-14)17-8-6-7-16(19)15(17)13-20-18(2,3)4/h6-8,14,20H,5,9-13H2,1-4H3.